The van der Waals surface area contributed by atoms with Crippen LogP contribution in [0.5, 0.6) is 0 Å². The van der Waals surface area contributed by atoms with Crippen molar-refractivity contribution in [3.05, 3.63) is 0 Å². The SMILES string of the molecule is O=C(CN1CC(CO)C1)NC(=O)CN1CCCC1=O. The number of hydrogen-bond acceptors (Lipinski definition) is 5. The Morgan fingerprint density at radius 2 is 1.95 bits per heavy atom. The molecule has 0 unspecified atom stereocenters. The molecule has 7 heteroatoms. The number of aliphatic hydroxyl groups is 1. The monoisotopic (exact) mass is 269 g/mol. The van der Waals surface area contributed by atoms with Gasteiger partial charge < -0.3 is 10.0 Å². The summed E-state index contributed by atoms with van der Waals surface area (Å²) in [5, 5.41) is 11.1. The highest BCUT2D eigenvalue weighted by Crippen LogP contribution is 2.13. The first-order valence-corrected chi connectivity index (χ1v) is 6.52. The van der Waals surface area contributed by atoms with Crippen LogP contribution in [0.4, 0.5) is 0 Å². The molecular weight excluding hydrogens is 250 g/mol. The Morgan fingerprint density at radius 3 is 2.53 bits per heavy atom. The van der Waals surface area contributed by atoms with Crippen LogP contribution < -0.4 is 5.32 Å². The van der Waals surface area contributed by atoms with Gasteiger partial charge in [-0.25, -0.2) is 0 Å². The third kappa shape index (κ3) is 3.74. The third-order valence-electron chi connectivity index (χ3n) is 3.44. The lowest BCUT2D eigenvalue weighted by atomic mass is 10.0. The predicted octanol–water partition coefficient (Wildman–Crippen LogP) is -1.82. The molecule has 2 N–H and O–H groups in total. The summed E-state index contributed by atoms with van der Waals surface area (Å²) in [5.41, 5.74) is 0. The van der Waals surface area contributed by atoms with E-state index < -0.39 is 5.91 Å². The Labute approximate surface area is 111 Å². The van der Waals surface area contributed by atoms with E-state index in [1.54, 1.807) is 0 Å². The second-order valence-electron chi connectivity index (χ2n) is 5.13. The Balaban J connectivity index is 1.65. The lowest BCUT2D eigenvalue weighted by molar-refractivity contribution is -0.137. The highest BCUT2D eigenvalue weighted by Gasteiger charge is 2.28. The van der Waals surface area contributed by atoms with Crippen LogP contribution >= 0.6 is 0 Å². The molecule has 0 radical (unpaired) electrons. The van der Waals surface area contributed by atoms with Crippen molar-refractivity contribution in [1.82, 2.24) is 15.1 Å². The van der Waals surface area contributed by atoms with Crippen LogP contribution in [-0.4, -0.2) is 72.0 Å². The lowest BCUT2D eigenvalue weighted by Crippen LogP contribution is -2.53. The molecule has 0 saturated carbocycles. The summed E-state index contributed by atoms with van der Waals surface area (Å²) in [7, 11) is 0. The van der Waals surface area contributed by atoms with Gasteiger partial charge in [0, 0.05) is 38.6 Å². The Hall–Kier alpha value is -1.47. The molecule has 7 nitrogen and oxygen atoms in total. The van der Waals surface area contributed by atoms with Crippen LogP contribution in [0.25, 0.3) is 0 Å². The molecule has 3 amide bonds. The second kappa shape index (κ2) is 6.12. The fourth-order valence-corrected chi connectivity index (χ4v) is 2.40. The summed E-state index contributed by atoms with van der Waals surface area (Å²) in [5.74, 6) is -0.575. The van der Waals surface area contributed by atoms with E-state index >= 15 is 0 Å². The maximum Gasteiger partial charge on any atom is 0.246 e. The predicted molar refractivity (Wildman–Crippen MR) is 66.0 cm³/mol. The first-order chi connectivity index (χ1) is 9.08. The van der Waals surface area contributed by atoms with E-state index in [1.165, 1.54) is 4.90 Å². The Bertz CT molecular complexity index is 379. The van der Waals surface area contributed by atoms with Gasteiger partial charge in [-0.3, -0.25) is 24.6 Å². The fourth-order valence-electron chi connectivity index (χ4n) is 2.40. The van der Waals surface area contributed by atoms with E-state index in [-0.39, 0.29) is 37.4 Å². The summed E-state index contributed by atoms with van der Waals surface area (Å²) in [6, 6.07) is 0. The number of hydrogen-bond donors (Lipinski definition) is 2. The summed E-state index contributed by atoms with van der Waals surface area (Å²) >= 11 is 0. The first kappa shape index (κ1) is 14.0. The van der Waals surface area contributed by atoms with Crippen molar-refractivity contribution in [3.63, 3.8) is 0 Å². The summed E-state index contributed by atoms with van der Waals surface area (Å²) in [6.07, 6.45) is 1.26. The van der Waals surface area contributed by atoms with Crippen molar-refractivity contribution in [1.29, 1.82) is 0 Å². The molecule has 19 heavy (non-hydrogen) atoms. The number of nitrogens with zero attached hydrogens (tertiary/aromatic N) is 2. The number of amides is 3. The van der Waals surface area contributed by atoms with Crippen LogP contribution in [0.3, 0.4) is 0 Å². The minimum Gasteiger partial charge on any atom is -0.396 e. The van der Waals surface area contributed by atoms with Crippen molar-refractivity contribution >= 4 is 17.7 Å². The van der Waals surface area contributed by atoms with Gasteiger partial charge >= 0.3 is 0 Å². The molecule has 0 aromatic heterocycles. The zero-order valence-corrected chi connectivity index (χ0v) is 10.8. The number of nitrogens with one attached hydrogen (secondary N) is 1. The average molecular weight is 269 g/mol. The van der Waals surface area contributed by atoms with Gasteiger partial charge in [0.25, 0.3) is 0 Å². The molecule has 106 valence electrons. The zero-order chi connectivity index (χ0) is 13.8. The van der Waals surface area contributed by atoms with Crippen molar-refractivity contribution in [3.8, 4) is 0 Å². The number of likely N-dealkylation sites (tertiary alicyclic amines) is 2. The highest BCUT2D eigenvalue weighted by molar-refractivity contribution is 5.98. The molecule has 0 aromatic rings. The van der Waals surface area contributed by atoms with Gasteiger partial charge in [0.1, 0.15) is 0 Å². The average Bonchev–Trinajstić information content (AvgIpc) is 2.68. The van der Waals surface area contributed by atoms with Crippen molar-refractivity contribution in [2.75, 3.05) is 39.3 Å². The van der Waals surface area contributed by atoms with Gasteiger partial charge in [-0.15, -0.1) is 0 Å². The van der Waals surface area contributed by atoms with Crippen molar-refractivity contribution in [2.24, 2.45) is 5.92 Å². The molecule has 0 atom stereocenters. The fraction of sp³-hybridized carbons (Fsp3) is 0.750. The van der Waals surface area contributed by atoms with Crippen LogP contribution in [0.1, 0.15) is 12.8 Å². The van der Waals surface area contributed by atoms with Gasteiger partial charge in [-0.1, -0.05) is 0 Å². The molecule has 0 spiro atoms. The molecule has 0 bridgehead atoms. The van der Waals surface area contributed by atoms with Crippen LogP contribution in [-0.2, 0) is 14.4 Å². The maximum absolute atomic E-state index is 11.6. The summed E-state index contributed by atoms with van der Waals surface area (Å²) in [4.78, 5) is 37.8. The molecule has 2 aliphatic heterocycles. The largest absolute Gasteiger partial charge is 0.396 e. The topological polar surface area (TPSA) is 90.0 Å². The van der Waals surface area contributed by atoms with E-state index in [2.05, 4.69) is 5.32 Å². The van der Waals surface area contributed by atoms with Crippen molar-refractivity contribution < 1.29 is 19.5 Å². The van der Waals surface area contributed by atoms with E-state index in [1.807, 2.05) is 4.90 Å². The Morgan fingerprint density at radius 1 is 1.26 bits per heavy atom. The van der Waals surface area contributed by atoms with Gasteiger partial charge in [0.05, 0.1) is 13.1 Å². The minimum absolute atomic E-state index is 0.0314. The molecule has 0 aliphatic carbocycles. The number of rotatable bonds is 5. The summed E-state index contributed by atoms with van der Waals surface area (Å²) < 4.78 is 0. The van der Waals surface area contributed by atoms with E-state index in [9.17, 15) is 14.4 Å². The smallest absolute Gasteiger partial charge is 0.246 e. The van der Waals surface area contributed by atoms with E-state index in [0.29, 0.717) is 26.1 Å². The summed E-state index contributed by atoms with van der Waals surface area (Å²) in [6.45, 7) is 2.21. The molecule has 2 heterocycles. The normalized spacial score (nSPS) is 20.5. The van der Waals surface area contributed by atoms with Crippen LogP contribution in [0, 0.1) is 5.92 Å². The van der Waals surface area contributed by atoms with Gasteiger partial charge in [0.15, 0.2) is 0 Å². The zero-order valence-electron chi connectivity index (χ0n) is 10.8. The molecule has 0 aromatic carbocycles. The van der Waals surface area contributed by atoms with Gasteiger partial charge in [-0.05, 0) is 6.42 Å². The highest BCUT2D eigenvalue weighted by atomic mass is 16.3. The maximum atomic E-state index is 11.6. The number of carbonyl (C=O) groups excluding carboxylic acids is 3. The number of aliphatic hydroxyl groups excluding tert-OH is 1. The molecular formula is C12H19N3O4. The van der Waals surface area contributed by atoms with Crippen LogP contribution in [0.2, 0.25) is 0 Å². The standard InChI is InChI=1S/C12H19N3O4/c16-8-9-4-14(5-9)6-10(17)13-11(18)7-15-3-1-2-12(15)19/h9,16H,1-8H2,(H,13,17,18). The second-order valence-corrected chi connectivity index (χ2v) is 5.13. The minimum atomic E-state index is -0.431. The number of carbonyl (C=O) groups is 3. The first-order valence-electron chi connectivity index (χ1n) is 6.52. The third-order valence-corrected chi connectivity index (χ3v) is 3.44. The van der Waals surface area contributed by atoms with E-state index in [4.69, 9.17) is 5.11 Å². The van der Waals surface area contributed by atoms with E-state index in [0.717, 1.165) is 6.42 Å². The molecule has 2 fully saturated rings. The molecule has 2 aliphatic rings. The lowest BCUT2D eigenvalue weighted by Gasteiger charge is -2.37. The molecule has 2 rings (SSSR count). The van der Waals surface area contributed by atoms with Crippen LogP contribution in [0.15, 0.2) is 0 Å². The number of imide groups is 1. The Kier molecular flexibility index (Phi) is 4.49. The quantitative estimate of drug-likeness (QED) is 0.613. The van der Waals surface area contributed by atoms with Gasteiger partial charge in [0.2, 0.25) is 17.7 Å². The molecule has 2 saturated heterocycles. The van der Waals surface area contributed by atoms with Crippen molar-refractivity contribution in [2.45, 2.75) is 12.8 Å². The van der Waals surface area contributed by atoms with Gasteiger partial charge in [-0.2, -0.15) is 0 Å².